The maximum absolute atomic E-state index is 14.2. The van der Waals surface area contributed by atoms with E-state index in [0.29, 0.717) is 4.90 Å². The number of halogens is 1. The Labute approximate surface area is 149 Å². The van der Waals surface area contributed by atoms with Gasteiger partial charge >= 0.3 is 0 Å². The number of carbonyl (C=O) groups excluding carboxylic acids is 2. The van der Waals surface area contributed by atoms with Crippen molar-refractivity contribution in [2.45, 2.75) is 22.0 Å². The first-order valence-corrected chi connectivity index (χ1v) is 8.93. The van der Waals surface area contributed by atoms with Gasteiger partial charge in [0.15, 0.2) is 5.78 Å². The molecule has 0 N–H and O–H groups in total. The van der Waals surface area contributed by atoms with Crippen LogP contribution in [0.15, 0.2) is 65.6 Å². The summed E-state index contributed by atoms with van der Waals surface area (Å²) in [6, 6.07) is 14.1. The Hall–Kier alpha value is -2.40. The third kappa shape index (κ3) is 2.34. The molecule has 0 aromatic heterocycles. The minimum absolute atomic E-state index is 0.0423. The second kappa shape index (κ2) is 5.85. The Bertz CT molecular complexity index is 910. The molecule has 2 aromatic carbocycles. The van der Waals surface area contributed by atoms with Crippen LogP contribution in [-0.2, 0) is 15.0 Å². The molecule has 25 heavy (non-hydrogen) atoms. The number of amides is 1. The molecule has 0 saturated heterocycles. The molecular formula is C20H16FNO2S. The van der Waals surface area contributed by atoms with Crippen LogP contribution < -0.4 is 4.90 Å². The van der Waals surface area contributed by atoms with Crippen LogP contribution in [0, 0.1) is 5.82 Å². The topological polar surface area (TPSA) is 37.4 Å². The summed E-state index contributed by atoms with van der Waals surface area (Å²) in [5, 5.41) is -0.388. The smallest absolute Gasteiger partial charge is 0.242 e. The van der Waals surface area contributed by atoms with Gasteiger partial charge in [-0.15, -0.1) is 11.8 Å². The number of hydrogen-bond donors (Lipinski definition) is 0. The highest BCUT2D eigenvalue weighted by molar-refractivity contribution is 8.00. The normalized spacial score (nSPS) is 24.9. The first kappa shape index (κ1) is 16.1. The molecule has 1 amide bonds. The molecule has 0 radical (unpaired) electrons. The minimum Gasteiger partial charge on any atom is -0.314 e. The van der Waals surface area contributed by atoms with Crippen LogP contribution in [0.2, 0.25) is 0 Å². The Morgan fingerprint density at radius 1 is 1.12 bits per heavy atom. The zero-order valence-corrected chi connectivity index (χ0v) is 14.4. The monoisotopic (exact) mass is 353 g/mol. The van der Waals surface area contributed by atoms with E-state index in [1.807, 2.05) is 24.3 Å². The third-order valence-corrected chi connectivity index (χ3v) is 6.31. The number of nitrogens with zero attached hydrogens (tertiary/aromatic N) is 1. The van der Waals surface area contributed by atoms with Crippen LogP contribution in [0.5, 0.6) is 0 Å². The predicted molar refractivity (Wildman–Crippen MR) is 96.3 cm³/mol. The number of rotatable bonds is 2. The quantitative estimate of drug-likeness (QED) is 0.826. The van der Waals surface area contributed by atoms with Gasteiger partial charge < -0.3 is 4.90 Å². The molecule has 2 unspecified atom stereocenters. The summed E-state index contributed by atoms with van der Waals surface area (Å²) in [5.41, 5.74) is 0.775. The first-order chi connectivity index (χ1) is 12.0. The largest absolute Gasteiger partial charge is 0.314 e. The lowest BCUT2D eigenvalue weighted by molar-refractivity contribution is -0.122. The van der Waals surface area contributed by atoms with Crippen LogP contribution in [-0.4, -0.2) is 24.0 Å². The molecular weight excluding hydrogens is 337 g/mol. The number of benzene rings is 2. The van der Waals surface area contributed by atoms with Crippen molar-refractivity contribution in [3.8, 4) is 0 Å². The van der Waals surface area contributed by atoms with Crippen molar-refractivity contribution in [3.05, 3.63) is 72.1 Å². The lowest BCUT2D eigenvalue weighted by atomic mass is 9.73. The maximum atomic E-state index is 14.2. The Morgan fingerprint density at radius 3 is 2.64 bits per heavy atom. The number of ketones is 1. The summed E-state index contributed by atoms with van der Waals surface area (Å²) < 4.78 is 14.2. The standard InChI is InChI=1S/C20H16FNO2S/c1-22-16-8-4-2-6-14(16)20(19(22)24)11-10-13(23)12-18(20)25-17-9-5-3-7-15(17)21/h2-11,18H,12H2,1H3. The van der Waals surface area contributed by atoms with E-state index in [2.05, 4.69) is 0 Å². The molecule has 5 heteroatoms. The van der Waals surface area contributed by atoms with E-state index in [4.69, 9.17) is 0 Å². The van der Waals surface area contributed by atoms with Crippen molar-refractivity contribution in [1.29, 1.82) is 0 Å². The number of thioether (sulfide) groups is 1. The highest BCUT2D eigenvalue weighted by Crippen LogP contribution is 2.51. The predicted octanol–water partition coefficient (Wildman–Crippen LogP) is 3.73. The van der Waals surface area contributed by atoms with E-state index < -0.39 is 5.41 Å². The second-order valence-corrected chi connectivity index (χ2v) is 7.54. The zero-order chi connectivity index (χ0) is 17.6. The molecule has 1 spiro atoms. The number of likely N-dealkylation sites (N-methyl/N-ethyl adjacent to an activating group) is 1. The fourth-order valence-corrected chi connectivity index (χ4v) is 5.05. The maximum Gasteiger partial charge on any atom is 0.242 e. The van der Waals surface area contributed by atoms with E-state index in [9.17, 15) is 14.0 Å². The van der Waals surface area contributed by atoms with Crippen molar-refractivity contribution in [1.82, 2.24) is 0 Å². The number of hydrogen-bond acceptors (Lipinski definition) is 3. The average molecular weight is 353 g/mol. The van der Waals surface area contributed by atoms with Crippen LogP contribution in [0.3, 0.4) is 0 Å². The fourth-order valence-electron chi connectivity index (χ4n) is 3.66. The van der Waals surface area contributed by atoms with Gasteiger partial charge in [-0.25, -0.2) is 4.39 Å². The second-order valence-electron chi connectivity index (χ2n) is 6.29. The van der Waals surface area contributed by atoms with E-state index in [1.54, 1.807) is 36.2 Å². The van der Waals surface area contributed by atoms with Gasteiger partial charge in [0.05, 0.1) is 0 Å². The van der Waals surface area contributed by atoms with Crippen molar-refractivity contribution in [3.63, 3.8) is 0 Å². The summed E-state index contributed by atoms with van der Waals surface area (Å²) >= 11 is 1.27. The van der Waals surface area contributed by atoms with Gasteiger partial charge in [-0.2, -0.15) is 0 Å². The molecule has 126 valence electrons. The molecule has 0 fully saturated rings. The van der Waals surface area contributed by atoms with Gasteiger partial charge in [-0.1, -0.05) is 36.4 Å². The van der Waals surface area contributed by atoms with Gasteiger partial charge in [0.25, 0.3) is 0 Å². The minimum atomic E-state index is -0.938. The van der Waals surface area contributed by atoms with E-state index in [1.165, 1.54) is 23.9 Å². The molecule has 3 nitrogen and oxygen atoms in total. The van der Waals surface area contributed by atoms with E-state index in [0.717, 1.165) is 11.3 Å². The molecule has 2 atom stereocenters. The lowest BCUT2D eigenvalue weighted by Gasteiger charge is -2.35. The van der Waals surface area contributed by atoms with Gasteiger partial charge in [-0.05, 0) is 29.8 Å². The Morgan fingerprint density at radius 2 is 1.84 bits per heavy atom. The van der Waals surface area contributed by atoms with Crippen molar-refractivity contribution < 1.29 is 14.0 Å². The SMILES string of the molecule is CN1C(=O)C2(C=CC(=O)CC2Sc2ccccc2F)c2ccccc21. The number of para-hydroxylation sites is 1. The molecule has 4 rings (SSSR count). The van der Waals surface area contributed by atoms with Gasteiger partial charge in [0, 0.05) is 29.3 Å². The summed E-state index contributed by atoms with van der Waals surface area (Å²) in [6.07, 6.45) is 3.40. The molecule has 1 aliphatic carbocycles. The summed E-state index contributed by atoms with van der Waals surface area (Å²) in [6.45, 7) is 0. The summed E-state index contributed by atoms with van der Waals surface area (Å²) in [4.78, 5) is 27.3. The molecule has 2 aliphatic rings. The Balaban J connectivity index is 1.86. The summed E-state index contributed by atoms with van der Waals surface area (Å²) in [7, 11) is 1.74. The zero-order valence-electron chi connectivity index (χ0n) is 13.6. The van der Waals surface area contributed by atoms with E-state index in [-0.39, 0.29) is 29.2 Å². The van der Waals surface area contributed by atoms with Crippen molar-refractivity contribution in [2.24, 2.45) is 0 Å². The number of fused-ring (bicyclic) bond motifs is 2. The molecule has 2 aromatic rings. The number of allylic oxidation sites excluding steroid dienone is 1. The van der Waals surface area contributed by atoms with Crippen LogP contribution >= 0.6 is 11.8 Å². The third-order valence-electron chi connectivity index (χ3n) is 4.90. The van der Waals surface area contributed by atoms with Crippen molar-refractivity contribution in [2.75, 3.05) is 11.9 Å². The highest BCUT2D eigenvalue weighted by atomic mass is 32.2. The molecule has 1 heterocycles. The number of carbonyl (C=O) groups is 2. The van der Waals surface area contributed by atoms with Gasteiger partial charge in [0.1, 0.15) is 11.2 Å². The highest BCUT2D eigenvalue weighted by Gasteiger charge is 2.55. The molecule has 1 aliphatic heterocycles. The van der Waals surface area contributed by atoms with E-state index >= 15 is 0 Å². The van der Waals surface area contributed by atoms with Crippen LogP contribution in [0.4, 0.5) is 10.1 Å². The average Bonchev–Trinajstić information content (AvgIpc) is 2.83. The number of anilines is 1. The lowest BCUT2D eigenvalue weighted by Crippen LogP contribution is -2.47. The molecule has 0 bridgehead atoms. The van der Waals surface area contributed by atoms with Crippen molar-refractivity contribution >= 4 is 29.1 Å². The van der Waals surface area contributed by atoms with Gasteiger partial charge in [-0.3, -0.25) is 9.59 Å². The Kier molecular flexibility index (Phi) is 3.76. The summed E-state index contributed by atoms with van der Waals surface area (Å²) in [5.74, 6) is -0.456. The molecule has 0 saturated carbocycles. The fraction of sp³-hybridized carbons (Fsp3) is 0.200. The first-order valence-electron chi connectivity index (χ1n) is 8.05. The van der Waals surface area contributed by atoms with Crippen LogP contribution in [0.1, 0.15) is 12.0 Å². The van der Waals surface area contributed by atoms with Gasteiger partial charge in [0.2, 0.25) is 5.91 Å². The van der Waals surface area contributed by atoms with Crippen LogP contribution in [0.25, 0.3) is 0 Å².